The molecule has 0 spiro atoms. The van der Waals surface area contributed by atoms with Gasteiger partial charge in [-0.2, -0.15) is 13.2 Å². The largest absolute Gasteiger partial charge is 0.493 e. The average Bonchev–Trinajstić information content (AvgIpc) is 2.76. The van der Waals surface area contributed by atoms with E-state index in [-0.39, 0.29) is 38.2 Å². The Kier molecular flexibility index (Phi) is 12.9. The SMILES string of the molecule is CCCCCCCOc1ccc(CCC(CO)(CCOC)NC(=O)OC(C)(C)C)cc1C(F)(F)F. The summed E-state index contributed by atoms with van der Waals surface area (Å²) in [6, 6.07) is 4.02. The number of rotatable bonds is 15. The molecule has 0 aliphatic heterocycles. The maximum Gasteiger partial charge on any atom is 0.419 e. The first-order valence-electron chi connectivity index (χ1n) is 12.3. The summed E-state index contributed by atoms with van der Waals surface area (Å²) in [5.41, 5.74) is -2.24. The van der Waals surface area contributed by atoms with Crippen molar-refractivity contribution in [1.29, 1.82) is 0 Å². The quantitative estimate of drug-likeness (QED) is 0.274. The van der Waals surface area contributed by atoms with Crippen molar-refractivity contribution in [3.63, 3.8) is 0 Å². The van der Waals surface area contributed by atoms with Crippen LogP contribution in [0, 0.1) is 0 Å². The number of hydrogen-bond acceptors (Lipinski definition) is 5. The van der Waals surface area contributed by atoms with E-state index in [4.69, 9.17) is 14.2 Å². The van der Waals surface area contributed by atoms with Gasteiger partial charge in [0.05, 0.1) is 24.3 Å². The van der Waals surface area contributed by atoms with Crippen LogP contribution in [-0.2, 0) is 22.1 Å². The average molecular weight is 506 g/mol. The van der Waals surface area contributed by atoms with Crippen LogP contribution >= 0.6 is 0 Å². The highest BCUT2D eigenvalue weighted by Crippen LogP contribution is 2.37. The van der Waals surface area contributed by atoms with Gasteiger partial charge in [-0.15, -0.1) is 0 Å². The molecular weight excluding hydrogens is 463 g/mol. The lowest BCUT2D eigenvalue weighted by atomic mass is 9.88. The molecule has 1 unspecified atom stereocenters. The zero-order chi connectivity index (χ0) is 26.5. The zero-order valence-corrected chi connectivity index (χ0v) is 21.7. The fraction of sp³-hybridized carbons (Fsp3) is 0.731. The molecule has 1 atom stereocenters. The number of alkyl halides is 3. The second-order valence-corrected chi connectivity index (χ2v) is 9.90. The Morgan fingerprint density at radius 1 is 1.03 bits per heavy atom. The number of halogens is 3. The van der Waals surface area contributed by atoms with Crippen molar-refractivity contribution in [3.8, 4) is 5.75 Å². The first kappa shape index (κ1) is 31.0. The first-order chi connectivity index (χ1) is 16.4. The van der Waals surface area contributed by atoms with Crippen molar-refractivity contribution in [2.75, 3.05) is 26.9 Å². The number of aliphatic hydroxyl groups is 1. The molecule has 0 radical (unpaired) electrons. The van der Waals surface area contributed by atoms with Crippen LogP contribution in [0.4, 0.5) is 18.0 Å². The highest BCUT2D eigenvalue weighted by Gasteiger charge is 2.36. The molecule has 0 aliphatic carbocycles. The number of methoxy groups -OCH3 is 1. The van der Waals surface area contributed by atoms with Gasteiger partial charge in [-0.3, -0.25) is 0 Å². The van der Waals surface area contributed by atoms with Crippen molar-refractivity contribution in [2.45, 2.75) is 96.4 Å². The molecule has 0 aromatic heterocycles. The van der Waals surface area contributed by atoms with Crippen LogP contribution < -0.4 is 10.1 Å². The fourth-order valence-corrected chi connectivity index (χ4v) is 3.62. The van der Waals surface area contributed by atoms with E-state index < -0.39 is 35.6 Å². The molecule has 0 saturated carbocycles. The number of benzene rings is 1. The Morgan fingerprint density at radius 2 is 1.71 bits per heavy atom. The lowest BCUT2D eigenvalue weighted by Crippen LogP contribution is -2.53. The highest BCUT2D eigenvalue weighted by molar-refractivity contribution is 5.68. The summed E-state index contributed by atoms with van der Waals surface area (Å²) < 4.78 is 57.1. The van der Waals surface area contributed by atoms with Crippen molar-refractivity contribution in [1.82, 2.24) is 5.32 Å². The minimum atomic E-state index is -4.56. The second kappa shape index (κ2) is 14.5. The second-order valence-electron chi connectivity index (χ2n) is 9.90. The van der Waals surface area contributed by atoms with Gasteiger partial charge >= 0.3 is 12.3 Å². The molecule has 0 fully saturated rings. The molecule has 0 bridgehead atoms. The number of carbonyl (C=O) groups is 1. The minimum absolute atomic E-state index is 0.184. The maximum atomic E-state index is 13.7. The lowest BCUT2D eigenvalue weighted by Gasteiger charge is -2.34. The number of amides is 1. The number of ether oxygens (including phenoxy) is 3. The van der Waals surface area contributed by atoms with Crippen molar-refractivity contribution in [2.24, 2.45) is 0 Å². The van der Waals surface area contributed by atoms with Gasteiger partial charge in [-0.25, -0.2) is 4.79 Å². The first-order valence-corrected chi connectivity index (χ1v) is 12.3. The van der Waals surface area contributed by atoms with E-state index in [9.17, 15) is 23.1 Å². The van der Waals surface area contributed by atoms with Gasteiger partial charge in [-0.1, -0.05) is 38.7 Å². The van der Waals surface area contributed by atoms with Gasteiger partial charge in [0, 0.05) is 13.7 Å². The molecule has 1 rings (SSSR count). The highest BCUT2D eigenvalue weighted by atomic mass is 19.4. The molecule has 202 valence electrons. The standard InChI is InChI=1S/C26H42F3NO5/c1-6-7-8-9-10-16-34-22-12-11-20(18-21(22)26(27,28)29)13-14-25(19-31,15-17-33-5)30-23(32)35-24(2,3)4/h11-12,18,31H,6-10,13-17,19H2,1-5H3,(H,30,32). The normalized spacial score (nSPS) is 13.9. The van der Waals surface area contributed by atoms with Gasteiger partial charge in [0.2, 0.25) is 0 Å². The predicted octanol–water partition coefficient (Wildman–Crippen LogP) is 6.28. The summed E-state index contributed by atoms with van der Waals surface area (Å²) in [6.45, 7) is 7.32. The molecule has 9 heteroatoms. The van der Waals surface area contributed by atoms with E-state index in [1.165, 1.54) is 13.2 Å². The zero-order valence-electron chi connectivity index (χ0n) is 21.7. The molecule has 6 nitrogen and oxygen atoms in total. The molecular formula is C26H42F3NO5. The van der Waals surface area contributed by atoms with Crippen LogP contribution in [0.3, 0.4) is 0 Å². The third-order valence-corrected chi connectivity index (χ3v) is 5.60. The van der Waals surface area contributed by atoms with Crippen molar-refractivity contribution < 1.29 is 37.3 Å². The van der Waals surface area contributed by atoms with E-state index in [0.717, 1.165) is 31.7 Å². The van der Waals surface area contributed by atoms with E-state index in [2.05, 4.69) is 12.2 Å². The Hall–Kier alpha value is -2.00. The van der Waals surface area contributed by atoms with Crippen LogP contribution in [0.5, 0.6) is 5.75 Å². The molecule has 35 heavy (non-hydrogen) atoms. The van der Waals surface area contributed by atoms with Crippen molar-refractivity contribution in [3.05, 3.63) is 29.3 Å². The molecule has 1 aromatic rings. The Morgan fingerprint density at radius 3 is 2.29 bits per heavy atom. The topological polar surface area (TPSA) is 77.0 Å². The van der Waals surface area contributed by atoms with Gasteiger partial charge in [0.1, 0.15) is 11.4 Å². The third-order valence-electron chi connectivity index (χ3n) is 5.60. The van der Waals surface area contributed by atoms with Crippen LogP contribution in [-0.4, -0.2) is 49.3 Å². The molecule has 0 heterocycles. The van der Waals surface area contributed by atoms with Crippen LogP contribution in [0.2, 0.25) is 0 Å². The van der Waals surface area contributed by atoms with Crippen molar-refractivity contribution >= 4 is 6.09 Å². The smallest absolute Gasteiger partial charge is 0.419 e. The summed E-state index contributed by atoms with van der Waals surface area (Å²) in [7, 11) is 1.49. The Balaban J connectivity index is 2.96. The Bertz CT molecular complexity index is 764. The van der Waals surface area contributed by atoms with Crippen LogP contribution in [0.15, 0.2) is 18.2 Å². The summed E-state index contributed by atoms with van der Waals surface area (Å²) in [4.78, 5) is 12.4. The number of aryl methyl sites for hydroxylation is 1. The summed E-state index contributed by atoms with van der Waals surface area (Å²) in [6.07, 6.45) is 0.246. The monoisotopic (exact) mass is 505 g/mol. The van der Waals surface area contributed by atoms with Gasteiger partial charge < -0.3 is 24.6 Å². The molecule has 1 amide bonds. The number of nitrogens with one attached hydrogen (secondary N) is 1. The fourth-order valence-electron chi connectivity index (χ4n) is 3.62. The molecule has 0 aliphatic rings. The van der Waals surface area contributed by atoms with Crippen LogP contribution in [0.25, 0.3) is 0 Å². The number of unbranched alkanes of at least 4 members (excludes halogenated alkanes) is 4. The molecule has 1 aromatic carbocycles. The Labute approximate surface area is 207 Å². The maximum absolute atomic E-state index is 13.7. The summed E-state index contributed by atoms with van der Waals surface area (Å²) in [5, 5.41) is 12.8. The van der Waals surface area contributed by atoms with Gasteiger partial charge in [-0.05, 0) is 64.2 Å². The number of carbonyl (C=O) groups excluding carboxylic acids is 1. The van der Waals surface area contributed by atoms with Crippen LogP contribution in [0.1, 0.15) is 83.8 Å². The van der Waals surface area contributed by atoms with Gasteiger partial charge in [0.25, 0.3) is 0 Å². The van der Waals surface area contributed by atoms with E-state index in [1.807, 2.05) is 0 Å². The lowest BCUT2D eigenvalue weighted by molar-refractivity contribution is -0.139. The summed E-state index contributed by atoms with van der Waals surface area (Å²) >= 11 is 0. The predicted molar refractivity (Wildman–Crippen MR) is 130 cm³/mol. The third kappa shape index (κ3) is 12.0. The minimum Gasteiger partial charge on any atom is -0.493 e. The van der Waals surface area contributed by atoms with E-state index >= 15 is 0 Å². The van der Waals surface area contributed by atoms with Gasteiger partial charge in [0.15, 0.2) is 0 Å². The molecule has 2 N–H and O–H groups in total. The van der Waals surface area contributed by atoms with E-state index in [1.54, 1.807) is 26.8 Å². The van der Waals surface area contributed by atoms with E-state index in [0.29, 0.717) is 12.0 Å². The summed E-state index contributed by atoms with van der Waals surface area (Å²) in [5.74, 6) is -0.184. The number of hydrogen-bond donors (Lipinski definition) is 2. The number of alkyl carbamates (subject to hydrolysis) is 1. The number of aliphatic hydroxyl groups excluding tert-OH is 1. The molecule has 0 saturated heterocycles.